The van der Waals surface area contributed by atoms with Gasteiger partial charge >= 0.3 is 0 Å². The van der Waals surface area contributed by atoms with Crippen LogP contribution in [-0.2, 0) is 0 Å². The topological polar surface area (TPSA) is 50.9 Å². The second-order valence-corrected chi connectivity index (χ2v) is 3.46. The Bertz CT molecular complexity index is 425. The van der Waals surface area contributed by atoms with Gasteiger partial charge in [0.1, 0.15) is 0 Å². The van der Waals surface area contributed by atoms with Gasteiger partial charge in [0.15, 0.2) is 0 Å². The Kier molecular flexibility index (Phi) is 2.78. The molecule has 0 aliphatic heterocycles. The smallest absolute Gasteiger partial charge is 0.0892 e. The van der Waals surface area contributed by atoms with Crippen LogP contribution < -0.4 is 0 Å². The van der Waals surface area contributed by atoms with E-state index in [0.717, 1.165) is 11.3 Å². The Hall–Kier alpha value is -1.68. The van der Waals surface area contributed by atoms with Gasteiger partial charge in [-0.2, -0.15) is 15.0 Å². The molecular weight excluding hydrogens is 190 g/mol. The molecule has 15 heavy (non-hydrogen) atoms. The van der Waals surface area contributed by atoms with E-state index in [2.05, 4.69) is 10.2 Å². The normalized spacial score (nSPS) is 12.7. The van der Waals surface area contributed by atoms with Gasteiger partial charge < -0.3 is 5.11 Å². The molecule has 4 nitrogen and oxygen atoms in total. The Morgan fingerprint density at radius 1 is 1.27 bits per heavy atom. The summed E-state index contributed by atoms with van der Waals surface area (Å²) < 4.78 is 0. The van der Waals surface area contributed by atoms with Crippen LogP contribution in [0.2, 0.25) is 0 Å². The first-order valence-corrected chi connectivity index (χ1v) is 4.89. The second-order valence-electron chi connectivity index (χ2n) is 3.46. The quantitative estimate of drug-likeness (QED) is 0.819. The van der Waals surface area contributed by atoms with Gasteiger partial charge in [-0.25, -0.2) is 0 Å². The lowest BCUT2D eigenvalue weighted by Crippen LogP contribution is -2.07. The summed E-state index contributed by atoms with van der Waals surface area (Å²) in [5.74, 6) is 0.0900. The summed E-state index contributed by atoms with van der Waals surface area (Å²) in [7, 11) is 0. The molecule has 1 aromatic heterocycles. The maximum absolute atomic E-state index is 9.16. The van der Waals surface area contributed by atoms with Gasteiger partial charge in [0.05, 0.1) is 18.1 Å². The highest BCUT2D eigenvalue weighted by Gasteiger charge is 2.10. The third-order valence-corrected chi connectivity index (χ3v) is 2.38. The highest BCUT2D eigenvalue weighted by molar-refractivity contribution is 5.41. The number of para-hydroxylation sites is 1. The van der Waals surface area contributed by atoms with E-state index in [1.54, 1.807) is 17.2 Å². The largest absolute Gasteiger partial charge is 0.396 e. The summed E-state index contributed by atoms with van der Waals surface area (Å²) in [6.07, 6.45) is 3.28. The van der Waals surface area contributed by atoms with Crippen LogP contribution >= 0.6 is 0 Å². The molecule has 78 valence electrons. The van der Waals surface area contributed by atoms with Gasteiger partial charge in [-0.05, 0) is 11.6 Å². The van der Waals surface area contributed by atoms with Crippen LogP contribution in [0.1, 0.15) is 18.4 Å². The van der Waals surface area contributed by atoms with Crippen molar-refractivity contribution in [2.24, 2.45) is 0 Å². The molecule has 0 fully saturated rings. The van der Waals surface area contributed by atoms with E-state index < -0.39 is 0 Å². The lowest BCUT2D eigenvalue weighted by molar-refractivity contribution is 0.273. The maximum atomic E-state index is 9.16. The minimum Gasteiger partial charge on any atom is -0.396 e. The van der Waals surface area contributed by atoms with E-state index in [-0.39, 0.29) is 12.5 Å². The molecule has 0 spiro atoms. The summed E-state index contributed by atoms with van der Waals surface area (Å²) in [5.41, 5.74) is 1.97. The Morgan fingerprint density at radius 2 is 1.93 bits per heavy atom. The predicted octanol–water partition coefficient (Wildman–Crippen LogP) is 1.36. The summed E-state index contributed by atoms with van der Waals surface area (Å²) in [6.45, 7) is 2.10. The number of aromatic nitrogens is 3. The van der Waals surface area contributed by atoms with Gasteiger partial charge in [-0.1, -0.05) is 25.1 Å². The highest BCUT2D eigenvalue weighted by Crippen LogP contribution is 2.21. The summed E-state index contributed by atoms with van der Waals surface area (Å²) in [4.78, 5) is 1.57. The average Bonchev–Trinajstić information content (AvgIpc) is 2.81. The first-order valence-electron chi connectivity index (χ1n) is 4.89. The standard InChI is InChI=1S/C11H13N3O/c1-9(8-15)10-4-2-3-5-11(10)14-12-6-7-13-14/h2-7,9,15H,8H2,1H3. The summed E-state index contributed by atoms with van der Waals surface area (Å²) >= 11 is 0. The first-order chi connectivity index (χ1) is 7.33. The monoisotopic (exact) mass is 203 g/mol. The second kappa shape index (κ2) is 4.23. The van der Waals surface area contributed by atoms with Crippen molar-refractivity contribution < 1.29 is 5.11 Å². The maximum Gasteiger partial charge on any atom is 0.0892 e. The zero-order chi connectivity index (χ0) is 10.7. The van der Waals surface area contributed by atoms with Gasteiger partial charge in [0.2, 0.25) is 0 Å². The third-order valence-electron chi connectivity index (χ3n) is 2.38. The minimum atomic E-state index is 0.0900. The minimum absolute atomic E-state index is 0.0900. The fourth-order valence-electron chi connectivity index (χ4n) is 1.52. The SMILES string of the molecule is CC(CO)c1ccccc1-n1nccn1. The molecule has 1 unspecified atom stereocenters. The lowest BCUT2D eigenvalue weighted by Gasteiger charge is -2.12. The van der Waals surface area contributed by atoms with E-state index >= 15 is 0 Å². The summed E-state index contributed by atoms with van der Waals surface area (Å²) in [6, 6.07) is 7.82. The molecule has 0 bridgehead atoms. The molecule has 0 saturated heterocycles. The molecule has 1 aromatic carbocycles. The van der Waals surface area contributed by atoms with Crippen molar-refractivity contribution in [1.82, 2.24) is 15.0 Å². The number of hydrogen-bond donors (Lipinski definition) is 1. The van der Waals surface area contributed by atoms with Crippen LogP contribution in [0.4, 0.5) is 0 Å². The van der Waals surface area contributed by atoms with Crippen molar-refractivity contribution >= 4 is 0 Å². The van der Waals surface area contributed by atoms with E-state index in [9.17, 15) is 0 Å². The first kappa shape index (κ1) is 9.86. The fourth-order valence-corrected chi connectivity index (χ4v) is 1.52. The Balaban J connectivity index is 2.47. The van der Waals surface area contributed by atoms with Crippen LogP contribution in [0, 0.1) is 0 Å². The molecule has 1 atom stereocenters. The number of benzene rings is 1. The van der Waals surface area contributed by atoms with Gasteiger partial charge in [0.25, 0.3) is 0 Å². The van der Waals surface area contributed by atoms with Crippen LogP contribution in [0.3, 0.4) is 0 Å². The van der Waals surface area contributed by atoms with Crippen LogP contribution in [0.15, 0.2) is 36.7 Å². The van der Waals surface area contributed by atoms with Crippen molar-refractivity contribution in [2.75, 3.05) is 6.61 Å². The van der Waals surface area contributed by atoms with Crippen molar-refractivity contribution in [3.05, 3.63) is 42.2 Å². The lowest BCUT2D eigenvalue weighted by atomic mass is 10.0. The molecule has 0 saturated carbocycles. The van der Waals surface area contributed by atoms with Crippen LogP contribution in [-0.4, -0.2) is 26.7 Å². The van der Waals surface area contributed by atoms with Gasteiger partial charge in [0, 0.05) is 12.5 Å². The van der Waals surface area contributed by atoms with Gasteiger partial charge in [-0.15, -0.1) is 0 Å². The van der Waals surface area contributed by atoms with Crippen molar-refractivity contribution in [1.29, 1.82) is 0 Å². The van der Waals surface area contributed by atoms with E-state index in [1.165, 1.54) is 0 Å². The molecule has 1 N–H and O–H groups in total. The Morgan fingerprint density at radius 3 is 2.60 bits per heavy atom. The molecule has 0 aliphatic rings. The van der Waals surface area contributed by atoms with E-state index in [1.807, 2.05) is 31.2 Å². The molecule has 1 heterocycles. The number of aliphatic hydroxyl groups is 1. The molecular formula is C11H13N3O. The number of nitrogens with zero attached hydrogens (tertiary/aromatic N) is 3. The molecule has 4 heteroatoms. The van der Waals surface area contributed by atoms with Crippen molar-refractivity contribution in [2.45, 2.75) is 12.8 Å². The average molecular weight is 203 g/mol. The number of aliphatic hydroxyl groups excluding tert-OH is 1. The molecule has 2 rings (SSSR count). The fraction of sp³-hybridized carbons (Fsp3) is 0.273. The zero-order valence-electron chi connectivity index (χ0n) is 8.54. The zero-order valence-corrected chi connectivity index (χ0v) is 8.54. The number of hydrogen-bond acceptors (Lipinski definition) is 3. The molecule has 0 radical (unpaired) electrons. The predicted molar refractivity (Wildman–Crippen MR) is 56.9 cm³/mol. The molecule has 0 aliphatic carbocycles. The number of rotatable bonds is 3. The van der Waals surface area contributed by atoms with Crippen LogP contribution in [0.25, 0.3) is 5.69 Å². The van der Waals surface area contributed by atoms with Crippen LogP contribution in [0.5, 0.6) is 0 Å². The summed E-state index contributed by atoms with van der Waals surface area (Å²) in [5, 5.41) is 17.3. The highest BCUT2D eigenvalue weighted by atomic mass is 16.3. The Labute approximate surface area is 88.2 Å². The molecule has 0 amide bonds. The molecule has 2 aromatic rings. The van der Waals surface area contributed by atoms with E-state index in [4.69, 9.17) is 5.11 Å². The van der Waals surface area contributed by atoms with E-state index in [0.29, 0.717) is 0 Å². The third kappa shape index (κ3) is 1.89. The van der Waals surface area contributed by atoms with Crippen molar-refractivity contribution in [3.8, 4) is 5.69 Å². The van der Waals surface area contributed by atoms with Gasteiger partial charge in [-0.3, -0.25) is 0 Å². The van der Waals surface area contributed by atoms with Crippen molar-refractivity contribution in [3.63, 3.8) is 0 Å².